The fourth-order valence-corrected chi connectivity index (χ4v) is 4.01. The van der Waals surface area contributed by atoms with Gasteiger partial charge >= 0.3 is 0 Å². The molecule has 0 spiro atoms. The van der Waals surface area contributed by atoms with Gasteiger partial charge < -0.3 is 9.73 Å². The predicted molar refractivity (Wildman–Crippen MR) is 101 cm³/mol. The van der Waals surface area contributed by atoms with E-state index in [1.54, 1.807) is 6.26 Å². The van der Waals surface area contributed by atoms with Crippen molar-refractivity contribution < 1.29 is 9.21 Å². The Labute approximate surface area is 147 Å². The number of fused-ring (bicyclic) bond motifs is 3. The number of hydrogen-bond donors (Lipinski definition) is 1. The molecule has 1 saturated heterocycles. The molecule has 1 amide bonds. The van der Waals surface area contributed by atoms with Gasteiger partial charge in [0.25, 0.3) is 0 Å². The molecule has 0 bridgehead atoms. The Morgan fingerprint density at radius 2 is 2.16 bits per heavy atom. The van der Waals surface area contributed by atoms with Gasteiger partial charge in [0.05, 0.1) is 12.7 Å². The highest BCUT2D eigenvalue weighted by atomic mass is 16.3. The Balaban J connectivity index is 1.50. The lowest BCUT2D eigenvalue weighted by atomic mass is 10.0. The van der Waals surface area contributed by atoms with Gasteiger partial charge in [-0.3, -0.25) is 9.69 Å². The van der Waals surface area contributed by atoms with E-state index in [1.165, 1.54) is 18.2 Å². The van der Waals surface area contributed by atoms with Crippen LogP contribution in [0.2, 0.25) is 0 Å². The summed E-state index contributed by atoms with van der Waals surface area (Å²) in [6.07, 6.45) is 4.49. The maximum atomic E-state index is 12.5. The summed E-state index contributed by atoms with van der Waals surface area (Å²) >= 11 is 0. The summed E-state index contributed by atoms with van der Waals surface area (Å²) in [5.41, 5.74) is 1.80. The predicted octanol–water partition coefficient (Wildman–Crippen LogP) is 3.73. The van der Waals surface area contributed by atoms with E-state index in [4.69, 9.17) is 4.42 Å². The number of nitrogens with one attached hydrogen (secondary N) is 1. The normalized spacial score (nSPS) is 18.2. The van der Waals surface area contributed by atoms with Crippen LogP contribution >= 0.6 is 0 Å². The van der Waals surface area contributed by atoms with Crippen LogP contribution in [0, 0.1) is 0 Å². The summed E-state index contributed by atoms with van der Waals surface area (Å²) in [4.78, 5) is 14.9. The van der Waals surface area contributed by atoms with Crippen molar-refractivity contribution in [3.8, 4) is 0 Å². The number of likely N-dealkylation sites (N-methyl/N-ethyl adjacent to an activating group) is 1. The van der Waals surface area contributed by atoms with E-state index in [2.05, 4.69) is 35.3 Å². The van der Waals surface area contributed by atoms with Crippen LogP contribution < -0.4 is 5.32 Å². The smallest absolute Gasteiger partial charge is 0.224 e. The molecule has 1 fully saturated rings. The molecule has 1 atom stereocenters. The van der Waals surface area contributed by atoms with Crippen LogP contribution in [0.3, 0.4) is 0 Å². The van der Waals surface area contributed by atoms with Gasteiger partial charge in [-0.1, -0.05) is 37.3 Å². The number of nitrogens with zero attached hydrogens (tertiary/aromatic N) is 1. The second kappa shape index (κ2) is 6.89. The van der Waals surface area contributed by atoms with Gasteiger partial charge in [0.2, 0.25) is 5.91 Å². The van der Waals surface area contributed by atoms with E-state index in [0.717, 1.165) is 41.6 Å². The van der Waals surface area contributed by atoms with Crippen molar-refractivity contribution in [2.24, 2.45) is 0 Å². The molecule has 1 N–H and O–H groups in total. The van der Waals surface area contributed by atoms with Crippen molar-refractivity contribution in [1.29, 1.82) is 0 Å². The number of furan rings is 1. The zero-order valence-corrected chi connectivity index (χ0v) is 14.6. The van der Waals surface area contributed by atoms with Crippen LogP contribution in [0.25, 0.3) is 21.7 Å². The van der Waals surface area contributed by atoms with Crippen molar-refractivity contribution in [1.82, 2.24) is 10.2 Å². The Morgan fingerprint density at radius 1 is 1.28 bits per heavy atom. The molecule has 2 aromatic carbocycles. The zero-order valence-electron chi connectivity index (χ0n) is 14.6. The third-order valence-electron chi connectivity index (χ3n) is 5.33. The van der Waals surface area contributed by atoms with E-state index < -0.39 is 0 Å². The monoisotopic (exact) mass is 336 g/mol. The fourth-order valence-electron chi connectivity index (χ4n) is 4.01. The quantitative estimate of drug-likeness (QED) is 0.772. The minimum Gasteiger partial charge on any atom is -0.464 e. The first-order valence-corrected chi connectivity index (χ1v) is 9.15. The maximum absolute atomic E-state index is 12.5. The van der Waals surface area contributed by atoms with E-state index in [-0.39, 0.29) is 5.91 Å². The average Bonchev–Trinajstić information content (AvgIpc) is 3.26. The second-order valence-corrected chi connectivity index (χ2v) is 6.83. The first-order chi connectivity index (χ1) is 12.3. The van der Waals surface area contributed by atoms with Crippen LogP contribution in [-0.4, -0.2) is 36.5 Å². The van der Waals surface area contributed by atoms with Crippen LogP contribution in [0.15, 0.2) is 47.1 Å². The lowest BCUT2D eigenvalue weighted by Gasteiger charge is -2.22. The molecule has 130 valence electrons. The molecule has 1 aromatic heterocycles. The third-order valence-corrected chi connectivity index (χ3v) is 5.33. The first-order valence-electron chi connectivity index (χ1n) is 9.15. The Morgan fingerprint density at radius 3 is 3.04 bits per heavy atom. The largest absolute Gasteiger partial charge is 0.464 e. The van der Waals surface area contributed by atoms with Crippen molar-refractivity contribution in [2.75, 3.05) is 19.6 Å². The average molecular weight is 336 g/mol. The number of carbonyl (C=O) groups excluding carboxylic acids is 1. The van der Waals surface area contributed by atoms with Gasteiger partial charge in [0, 0.05) is 23.5 Å². The van der Waals surface area contributed by atoms with Gasteiger partial charge in [-0.05, 0) is 42.8 Å². The van der Waals surface area contributed by atoms with E-state index in [1.807, 2.05) is 18.2 Å². The lowest BCUT2D eigenvalue weighted by molar-refractivity contribution is -0.120. The molecular weight excluding hydrogens is 312 g/mol. The number of likely N-dealkylation sites (tertiary alicyclic amines) is 1. The highest BCUT2D eigenvalue weighted by Crippen LogP contribution is 2.30. The molecule has 4 heteroatoms. The molecular formula is C21H24N2O2. The molecule has 25 heavy (non-hydrogen) atoms. The van der Waals surface area contributed by atoms with Gasteiger partial charge in [-0.15, -0.1) is 0 Å². The molecule has 4 rings (SSSR count). The zero-order chi connectivity index (χ0) is 17.2. The minimum absolute atomic E-state index is 0.0681. The van der Waals surface area contributed by atoms with Crippen molar-refractivity contribution >= 4 is 27.6 Å². The summed E-state index contributed by atoms with van der Waals surface area (Å²) in [7, 11) is 0. The van der Waals surface area contributed by atoms with Crippen molar-refractivity contribution in [2.45, 2.75) is 32.2 Å². The Kier molecular flexibility index (Phi) is 4.45. The van der Waals surface area contributed by atoms with Gasteiger partial charge in [0.15, 0.2) is 0 Å². The molecule has 0 radical (unpaired) electrons. The fraction of sp³-hybridized carbons (Fsp3) is 0.381. The molecule has 0 aliphatic carbocycles. The van der Waals surface area contributed by atoms with E-state index in [9.17, 15) is 4.79 Å². The number of amides is 1. The summed E-state index contributed by atoms with van der Waals surface area (Å²) in [5.74, 6) is 0.0681. The highest BCUT2D eigenvalue weighted by Gasteiger charge is 2.23. The van der Waals surface area contributed by atoms with Crippen molar-refractivity contribution in [3.63, 3.8) is 0 Å². The summed E-state index contributed by atoms with van der Waals surface area (Å²) < 4.78 is 5.68. The molecule has 4 nitrogen and oxygen atoms in total. The van der Waals surface area contributed by atoms with Gasteiger partial charge in [-0.25, -0.2) is 0 Å². The number of hydrogen-bond acceptors (Lipinski definition) is 3. The summed E-state index contributed by atoms with van der Waals surface area (Å²) in [6, 6.07) is 12.8. The molecule has 0 saturated carbocycles. The molecule has 3 aromatic rings. The van der Waals surface area contributed by atoms with Gasteiger partial charge in [-0.2, -0.15) is 0 Å². The first kappa shape index (κ1) is 16.2. The van der Waals surface area contributed by atoms with Crippen LogP contribution in [0.1, 0.15) is 25.3 Å². The van der Waals surface area contributed by atoms with E-state index in [0.29, 0.717) is 12.5 Å². The standard InChI is InChI=1S/C21H24N2O2/c1-2-23-11-5-7-17(23)13-22-20(24)12-16-14-25-19-10-9-15-6-3-4-8-18(15)21(16)19/h3-4,6,8-10,14,17H,2,5,7,11-13H2,1H3,(H,22,24)/t17-/m1/s1. The van der Waals surface area contributed by atoms with Crippen LogP contribution in [0.4, 0.5) is 0 Å². The summed E-state index contributed by atoms with van der Waals surface area (Å²) in [6.45, 7) is 5.13. The van der Waals surface area contributed by atoms with Crippen LogP contribution in [0.5, 0.6) is 0 Å². The van der Waals surface area contributed by atoms with Gasteiger partial charge in [0.1, 0.15) is 5.58 Å². The number of rotatable bonds is 5. The minimum atomic E-state index is 0.0681. The number of benzene rings is 2. The van der Waals surface area contributed by atoms with E-state index >= 15 is 0 Å². The van der Waals surface area contributed by atoms with Crippen molar-refractivity contribution in [3.05, 3.63) is 48.2 Å². The second-order valence-electron chi connectivity index (χ2n) is 6.83. The third kappa shape index (κ3) is 3.14. The molecule has 2 heterocycles. The topological polar surface area (TPSA) is 45.5 Å². The Bertz CT molecular complexity index is 899. The highest BCUT2D eigenvalue weighted by molar-refractivity contribution is 6.08. The lowest BCUT2D eigenvalue weighted by Crippen LogP contribution is -2.40. The Hall–Kier alpha value is -2.33. The molecule has 1 aliphatic rings. The SMILES string of the molecule is CCN1CCC[C@@H]1CNC(=O)Cc1coc2ccc3ccccc3c12. The molecule has 0 unspecified atom stereocenters. The summed E-state index contributed by atoms with van der Waals surface area (Å²) in [5, 5.41) is 6.49. The number of carbonyl (C=O) groups is 1. The van der Waals surface area contributed by atoms with Crippen LogP contribution in [-0.2, 0) is 11.2 Å². The molecule has 1 aliphatic heterocycles. The maximum Gasteiger partial charge on any atom is 0.224 e.